The molecule has 2 aromatic heterocycles. The maximum atomic E-state index is 13.0. The molecule has 0 atom stereocenters. The molecule has 0 bridgehead atoms. The number of nitrogens with zero attached hydrogens (tertiary/aromatic N) is 4. The molecule has 0 unspecified atom stereocenters. The van der Waals surface area contributed by atoms with Gasteiger partial charge in [-0.1, -0.05) is 5.21 Å². The summed E-state index contributed by atoms with van der Waals surface area (Å²) in [5.41, 5.74) is 4.10. The van der Waals surface area contributed by atoms with Crippen molar-refractivity contribution in [1.29, 1.82) is 0 Å². The van der Waals surface area contributed by atoms with Crippen LogP contribution in [0.2, 0.25) is 0 Å². The molecule has 2 heterocycles. The average molecular weight is 308 g/mol. The fraction of sp³-hybridized carbons (Fsp3) is 0.118. The number of hydrogen-bond acceptors (Lipinski definition) is 4. The molecular weight excluding hydrogens is 295 g/mol. The molecule has 23 heavy (non-hydrogen) atoms. The Balaban J connectivity index is 1.75. The lowest BCUT2D eigenvalue weighted by Gasteiger charge is -1.99. The third-order valence-electron chi connectivity index (χ3n) is 3.70. The smallest absolute Gasteiger partial charge is 0.226 e. The van der Waals surface area contributed by atoms with Crippen LogP contribution in [0.1, 0.15) is 6.92 Å². The van der Waals surface area contributed by atoms with E-state index in [0.717, 1.165) is 28.7 Å². The van der Waals surface area contributed by atoms with Gasteiger partial charge in [0.25, 0.3) is 0 Å². The van der Waals surface area contributed by atoms with Crippen LogP contribution in [0.4, 0.5) is 4.39 Å². The van der Waals surface area contributed by atoms with E-state index in [1.165, 1.54) is 12.1 Å². The highest BCUT2D eigenvalue weighted by atomic mass is 19.1. The monoisotopic (exact) mass is 308 g/mol. The van der Waals surface area contributed by atoms with E-state index >= 15 is 0 Å². The Morgan fingerprint density at radius 3 is 2.65 bits per heavy atom. The maximum absolute atomic E-state index is 13.0. The first-order valence-corrected chi connectivity index (χ1v) is 7.29. The van der Waals surface area contributed by atoms with Crippen LogP contribution in [0, 0.1) is 5.82 Å². The van der Waals surface area contributed by atoms with Crippen LogP contribution in [-0.4, -0.2) is 20.0 Å². The van der Waals surface area contributed by atoms with Gasteiger partial charge < -0.3 is 4.42 Å². The quantitative estimate of drug-likeness (QED) is 0.576. The Labute approximate surface area is 131 Å². The predicted molar refractivity (Wildman–Crippen MR) is 84.1 cm³/mol. The van der Waals surface area contributed by atoms with Crippen LogP contribution in [0.3, 0.4) is 0 Å². The van der Waals surface area contributed by atoms with Gasteiger partial charge in [-0.15, -0.1) is 5.10 Å². The highest BCUT2D eigenvalue weighted by molar-refractivity contribution is 5.80. The number of oxazole rings is 1. The maximum Gasteiger partial charge on any atom is 0.226 e. The summed E-state index contributed by atoms with van der Waals surface area (Å²) in [6.45, 7) is 2.75. The lowest BCUT2D eigenvalue weighted by Crippen LogP contribution is -1.95. The molecule has 4 rings (SSSR count). The second-order valence-electron chi connectivity index (χ2n) is 5.15. The second-order valence-corrected chi connectivity index (χ2v) is 5.15. The predicted octanol–water partition coefficient (Wildman–Crippen LogP) is 3.91. The Morgan fingerprint density at radius 1 is 1.09 bits per heavy atom. The summed E-state index contributed by atoms with van der Waals surface area (Å²) in [6.07, 6.45) is 1.57. The van der Waals surface area contributed by atoms with E-state index in [-0.39, 0.29) is 5.82 Å². The Kier molecular flexibility index (Phi) is 3.15. The number of fused-ring (bicyclic) bond motifs is 1. The zero-order chi connectivity index (χ0) is 15.8. The number of aryl methyl sites for hydroxylation is 1. The largest absolute Gasteiger partial charge is 0.444 e. The Morgan fingerprint density at radius 2 is 1.87 bits per heavy atom. The van der Waals surface area contributed by atoms with Gasteiger partial charge in [0.15, 0.2) is 0 Å². The van der Waals surface area contributed by atoms with Gasteiger partial charge in [0.2, 0.25) is 5.89 Å². The van der Waals surface area contributed by atoms with Crippen molar-refractivity contribution in [3.63, 3.8) is 0 Å². The summed E-state index contributed by atoms with van der Waals surface area (Å²) in [4.78, 5) is 4.49. The van der Waals surface area contributed by atoms with Crippen molar-refractivity contribution >= 4 is 11.0 Å². The molecule has 0 spiro atoms. The van der Waals surface area contributed by atoms with Crippen molar-refractivity contribution in [2.45, 2.75) is 13.5 Å². The van der Waals surface area contributed by atoms with E-state index < -0.39 is 0 Å². The van der Waals surface area contributed by atoms with E-state index in [9.17, 15) is 4.39 Å². The summed E-state index contributed by atoms with van der Waals surface area (Å²) < 4.78 is 20.4. The first-order chi connectivity index (χ1) is 11.2. The molecule has 0 fully saturated rings. The van der Waals surface area contributed by atoms with E-state index in [1.54, 1.807) is 18.4 Å². The van der Waals surface area contributed by atoms with E-state index in [0.29, 0.717) is 11.6 Å². The van der Waals surface area contributed by atoms with Crippen LogP contribution in [0.15, 0.2) is 53.1 Å². The molecular formula is C17H13FN4O. The number of aromatic nitrogens is 4. The topological polar surface area (TPSA) is 56.7 Å². The molecule has 0 saturated heterocycles. The van der Waals surface area contributed by atoms with E-state index in [4.69, 9.17) is 4.42 Å². The van der Waals surface area contributed by atoms with Gasteiger partial charge in [0.05, 0.1) is 5.52 Å². The first-order valence-electron chi connectivity index (χ1n) is 7.29. The van der Waals surface area contributed by atoms with Gasteiger partial charge in [0.1, 0.15) is 23.3 Å². The Bertz CT molecular complexity index is 972. The van der Waals surface area contributed by atoms with Crippen molar-refractivity contribution in [2.75, 3.05) is 0 Å². The third-order valence-corrected chi connectivity index (χ3v) is 3.70. The number of hydrogen-bond donors (Lipinski definition) is 0. The standard InChI is InChI=1S/C17H13FN4O/c1-2-22-16-9-12(5-8-14(16)20-21-22)17-19-15(10-23-17)11-3-6-13(18)7-4-11/h3-10H,2H2,1H3. The minimum absolute atomic E-state index is 0.275. The zero-order valence-corrected chi connectivity index (χ0v) is 12.4. The number of rotatable bonds is 3. The first kappa shape index (κ1) is 13.6. The molecule has 114 valence electrons. The highest BCUT2D eigenvalue weighted by Gasteiger charge is 2.11. The van der Waals surface area contributed by atoms with Gasteiger partial charge in [-0.2, -0.15) is 0 Å². The molecule has 0 N–H and O–H groups in total. The Hall–Kier alpha value is -3.02. The fourth-order valence-electron chi connectivity index (χ4n) is 2.49. The van der Waals surface area contributed by atoms with Gasteiger partial charge in [-0.25, -0.2) is 14.1 Å². The van der Waals surface area contributed by atoms with Gasteiger partial charge in [-0.3, -0.25) is 0 Å². The average Bonchev–Trinajstić information content (AvgIpc) is 3.21. The van der Waals surface area contributed by atoms with Crippen molar-refractivity contribution < 1.29 is 8.81 Å². The number of halogens is 1. The van der Waals surface area contributed by atoms with Crippen LogP contribution in [-0.2, 0) is 6.54 Å². The summed E-state index contributed by atoms with van der Waals surface area (Å²) in [5.74, 6) is 0.235. The molecule has 2 aromatic carbocycles. The minimum Gasteiger partial charge on any atom is -0.444 e. The van der Waals surface area contributed by atoms with Gasteiger partial charge >= 0.3 is 0 Å². The highest BCUT2D eigenvalue weighted by Crippen LogP contribution is 2.26. The van der Waals surface area contributed by atoms with Crippen LogP contribution in [0.25, 0.3) is 33.7 Å². The van der Waals surface area contributed by atoms with Crippen LogP contribution >= 0.6 is 0 Å². The van der Waals surface area contributed by atoms with E-state index in [1.807, 2.05) is 29.8 Å². The van der Waals surface area contributed by atoms with Crippen molar-refractivity contribution in [1.82, 2.24) is 20.0 Å². The minimum atomic E-state index is -0.275. The summed E-state index contributed by atoms with van der Waals surface area (Å²) in [5, 5.41) is 8.20. The van der Waals surface area contributed by atoms with Gasteiger partial charge in [0, 0.05) is 17.7 Å². The molecule has 0 saturated carbocycles. The summed E-state index contributed by atoms with van der Waals surface area (Å²) in [7, 11) is 0. The zero-order valence-electron chi connectivity index (χ0n) is 12.4. The van der Waals surface area contributed by atoms with Crippen molar-refractivity contribution in [3.8, 4) is 22.7 Å². The summed E-state index contributed by atoms with van der Waals surface area (Å²) >= 11 is 0. The van der Waals surface area contributed by atoms with Gasteiger partial charge in [-0.05, 0) is 49.4 Å². The molecule has 4 aromatic rings. The molecule has 0 aliphatic heterocycles. The van der Waals surface area contributed by atoms with Crippen LogP contribution in [0.5, 0.6) is 0 Å². The van der Waals surface area contributed by atoms with Crippen LogP contribution < -0.4 is 0 Å². The molecule has 0 amide bonds. The lowest BCUT2D eigenvalue weighted by atomic mass is 10.1. The molecule has 0 aliphatic carbocycles. The van der Waals surface area contributed by atoms with Crippen molar-refractivity contribution in [3.05, 3.63) is 54.5 Å². The third kappa shape index (κ3) is 2.38. The normalized spacial score (nSPS) is 11.2. The molecule has 0 radical (unpaired) electrons. The van der Waals surface area contributed by atoms with Crippen molar-refractivity contribution in [2.24, 2.45) is 0 Å². The number of benzene rings is 2. The second kappa shape index (κ2) is 5.31. The fourth-order valence-corrected chi connectivity index (χ4v) is 2.49. The summed E-state index contributed by atoms with van der Waals surface area (Å²) in [6, 6.07) is 11.9. The molecule has 6 heteroatoms. The van der Waals surface area contributed by atoms with E-state index in [2.05, 4.69) is 15.3 Å². The SMILES string of the molecule is CCn1nnc2ccc(-c3nc(-c4ccc(F)cc4)co3)cc21. The lowest BCUT2D eigenvalue weighted by molar-refractivity contribution is 0.575. The molecule has 0 aliphatic rings. The molecule has 5 nitrogen and oxygen atoms in total.